The largest absolute Gasteiger partial charge is 0.417 e. The predicted octanol–water partition coefficient (Wildman–Crippen LogP) is 7.54. The van der Waals surface area contributed by atoms with Crippen LogP contribution in [0.1, 0.15) is 20.8 Å². The Balaban J connectivity index is 2.43. The summed E-state index contributed by atoms with van der Waals surface area (Å²) in [5, 5.41) is 0. The molecule has 0 N–H and O–H groups in total. The Morgan fingerprint density at radius 2 is 1.65 bits per heavy atom. The number of halogens is 7. The fraction of sp³-hybridized carbons (Fsp3) is 0.167. The molecule has 1 aromatic heterocycles. The second-order valence-corrected chi connectivity index (χ2v) is 8.90. The molecule has 0 fully saturated rings. The SMILES string of the molecule is FC(F)(F)c1cc(C(Br)c2cc(Br)c(Br)s2)ccc1Br. The quantitative estimate of drug-likeness (QED) is 0.335. The Hall–Kier alpha value is 0.630. The van der Waals surface area contributed by atoms with Crippen LogP contribution in [-0.2, 0) is 6.18 Å². The molecule has 0 bridgehead atoms. The van der Waals surface area contributed by atoms with E-state index in [0.29, 0.717) is 5.56 Å². The lowest BCUT2D eigenvalue weighted by Crippen LogP contribution is -2.07. The average molecular weight is 558 g/mol. The first-order valence-corrected chi connectivity index (χ1v) is 9.26. The van der Waals surface area contributed by atoms with Gasteiger partial charge < -0.3 is 0 Å². The van der Waals surface area contributed by atoms with Gasteiger partial charge >= 0.3 is 6.18 Å². The molecule has 0 spiro atoms. The van der Waals surface area contributed by atoms with Gasteiger partial charge in [0.15, 0.2) is 0 Å². The van der Waals surface area contributed by atoms with E-state index in [1.807, 2.05) is 6.07 Å². The highest BCUT2D eigenvalue weighted by Gasteiger charge is 2.33. The summed E-state index contributed by atoms with van der Waals surface area (Å²) in [4.78, 5) is 0.628. The lowest BCUT2D eigenvalue weighted by Gasteiger charge is -2.13. The minimum absolute atomic E-state index is 0.0435. The van der Waals surface area contributed by atoms with Crippen LogP contribution >= 0.6 is 75.1 Å². The van der Waals surface area contributed by atoms with Gasteiger partial charge in [-0.1, -0.05) is 37.9 Å². The van der Waals surface area contributed by atoms with Gasteiger partial charge in [0.05, 0.1) is 14.2 Å². The minimum Gasteiger partial charge on any atom is -0.166 e. The van der Waals surface area contributed by atoms with Crippen LogP contribution in [-0.4, -0.2) is 0 Å². The molecule has 1 unspecified atom stereocenters. The highest BCUT2D eigenvalue weighted by atomic mass is 79.9. The lowest BCUT2D eigenvalue weighted by molar-refractivity contribution is -0.138. The molecule has 8 heteroatoms. The molecule has 1 atom stereocenters. The Kier molecular flexibility index (Phi) is 5.44. The number of hydrogen-bond donors (Lipinski definition) is 0. The zero-order valence-corrected chi connectivity index (χ0v) is 16.6. The second kappa shape index (κ2) is 6.40. The maximum absolute atomic E-state index is 12.9. The second-order valence-electron chi connectivity index (χ2n) is 3.87. The summed E-state index contributed by atoms with van der Waals surface area (Å²) in [6.07, 6.45) is -4.38. The molecule has 0 aliphatic rings. The monoisotopic (exact) mass is 554 g/mol. The zero-order valence-electron chi connectivity index (χ0n) is 9.44. The Morgan fingerprint density at radius 1 is 1.00 bits per heavy atom. The average Bonchev–Trinajstić information content (AvgIpc) is 2.68. The molecular formula is C12H5Br4F3S. The van der Waals surface area contributed by atoms with Gasteiger partial charge in [-0.15, -0.1) is 11.3 Å². The molecule has 1 aromatic carbocycles. The van der Waals surface area contributed by atoms with Gasteiger partial charge in [0.25, 0.3) is 0 Å². The first-order valence-electron chi connectivity index (χ1n) is 5.15. The summed E-state index contributed by atoms with van der Waals surface area (Å²) in [6.45, 7) is 0. The van der Waals surface area contributed by atoms with Gasteiger partial charge in [-0.05, 0) is 55.6 Å². The summed E-state index contributed by atoms with van der Waals surface area (Å²) < 4.78 is 40.6. The van der Waals surface area contributed by atoms with Crippen molar-refractivity contribution in [3.8, 4) is 0 Å². The van der Waals surface area contributed by atoms with Crippen molar-refractivity contribution < 1.29 is 13.2 Å². The van der Waals surface area contributed by atoms with Crippen LogP contribution in [0.15, 0.2) is 37.0 Å². The van der Waals surface area contributed by atoms with Crippen molar-refractivity contribution in [1.29, 1.82) is 0 Å². The van der Waals surface area contributed by atoms with E-state index in [2.05, 4.69) is 63.7 Å². The number of benzene rings is 1. The van der Waals surface area contributed by atoms with Gasteiger partial charge in [0.1, 0.15) is 0 Å². The van der Waals surface area contributed by atoms with Gasteiger partial charge in [0.2, 0.25) is 0 Å². The molecule has 2 aromatic rings. The number of thiophene rings is 1. The van der Waals surface area contributed by atoms with Crippen molar-refractivity contribution in [3.63, 3.8) is 0 Å². The fourth-order valence-electron chi connectivity index (χ4n) is 1.57. The van der Waals surface area contributed by atoms with E-state index in [9.17, 15) is 13.2 Å². The van der Waals surface area contributed by atoms with Crippen molar-refractivity contribution in [2.24, 2.45) is 0 Å². The highest BCUT2D eigenvalue weighted by molar-refractivity contribution is 9.13. The van der Waals surface area contributed by atoms with Crippen molar-refractivity contribution in [2.75, 3.05) is 0 Å². The van der Waals surface area contributed by atoms with E-state index in [0.717, 1.165) is 19.2 Å². The summed E-state index contributed by atoms with van der Waals surface area (Å²) in [6, 6.07) is 6.12. The fourth-order valence-corrected chi connectivity index (χ4v) is 4.83. The van der Waals surface area contributed by atoms with Gasteiger partial charge in [-0.3, -0.25) is 0 Å². The summed E-state index contributed by atoms with van der Waals surface area (Å²) in [7, 11) is 0. The molecule has 0 aliphatic heterocycles. The van der Waals surface area contributed by atoms with E-state index in [-0.39, 0.29) is 9.30 Å². The molecule has 1 heterocycles. The van der Waals surface area contributed by atoms with Crippen LogP contribution in [0.5, 0.6) is 0 Å². The van der Waals surface area contributed by atoms with E-state index in [1.54, 1.807) is 6.07 Å². The van der Waals surface area contributed by atoms with Crippen molar-refractivity contribution in [3.05, 3.63) is 53.0 Å². The zero-order chi connectivity index (χ0) is 15.1. The third-order valence-corrected chi connectivity index (χ3v) is 7.84. The number of hydrogen-bond acceptors (Lipinski definition) is 1. The predicted molar refractivity (Wildman–Crippen MR) is 89.6 cm³/mol. The van der Waals surface area contributed by atoms with Crippen molar-refractivity contribution >= 4 is 75.1 Å². The maximum Gasteiger partial charge on any atom is 0.417 e. The van der Waals surface area contributed by atoms with Crippen LogP contribution in [0.25, 0.3) is 0 Å². The van der Waals surface area contributed by atoms with Gasteiger partial charge in [-0.25, -0.2) is 0 Å². The molecule has 0 radical (unpaired) electrons. The first-order chi connectivity index (χ1) is 9.20. The minimum atomic E-state index is -4.38. The summed E-state index contributed by atoms with van der Waals surface area (Å²) in [5.41, 5.74) is -0.115. The van der Waals surface area contributed by atoms with E-state index >= 15 is 0 Å². The van der Waals surface area contributed by atoms with E-state index < -0.39 is 11.7 Å². The molecule has 0 amide bonds. The molecule has 2 rings (SSSR count). The van der Waals surface area contributed by atoms with Gasteiger partial charge in [-0.2, -0.15) is 13.2 Å². The van der Waals surface area contributed by atoms with E-state index in [4.69, 9.17) is 0 Å². The topological polar surface area (TPSA) is 0 Å². The molecular weight excluding hydrogens is 553 g/mol. The number of rotatable bonds is 2. The Labute approximate surface area is 151 Å². The summed E-state index contributed by atoms with van der Waals surface area (Å²) in [5.74, 6) is 0. The lowest BCUT2D eigenvalue weighted by atomic mass is 10.1. The standard InChI is InChI=1S/C12H5Br4F3S/c13-7-2-1-5(3-6(7)12(17,18)19)10(15)9-4-8(14)11(16)20-9/h1-4,10H. The number of alkyl halides is 4. The highest BCUT2D eigenvalue weighted by Crippen LogP contribution is 2.43. The van der Waals surface area contributed by atoms with Crippen LogP contribution in [0.4, 0.5) is 13.2 Å². The Bertz CT molecular complexity index is 617. The molecule has 0 saturated heterocycles. The third-order valence-electron chi connectivity index (χ3n) is 2.50. The van der Waals surface area contributed by atoms with Crippen LogP contribution in [0.2, 0.25) is 0 Å². The molecule has 20 heavy (non-hydrogen) atoms. The van der Waals surface area contributed by atoms with Gasteiger partial charge in [0, 0.05) is 13.8 Å². The maximum atomic E-state index is 12.9. The molecule has 0 nitrogen and oxygen atoms in total. The van der Waals surface area contributed by atoms with E-state index in [1.165, 1.54) is 17.4 Å². The molecule has 0 saturated carbocycles. The van der Waals surface area contributed by atoms with Crippen molar-refractivity contribution in [2.45, 2.75) is 11.0 Å². The Morgan fingerprint density at radius 3 is 2.15 bits per heavy atom. The molecule has 108 valence electrons. The van der Waals surface area contributed by atoms with Crippen LogP contribution in [0, 0.1) is 0 Å². The van der Waals surface area contributed by atoms with Crippen LogP contribution < -0.4 is 0 Å². The van der Waals surface area contributed by atoms with Crippen LogP contribution in [0.3, 0.4) is 0 Å². The molecule has 0 aliphatic carbocycles. The normalized spacial score (nSPS) is 13.6. The summed E-state index contributed by atoms with van der Waals surface area (Å²) >= 11 is 14.6. The van der Waals surface area contributed by atoms with Crippen molar-refractivity contribution in [1.82, 2.24) is 0 Å². The third kappa shape index (κ3) is 3.69. The first kappa shape index (κ1) is 17.0. The smallest absolute Gasteiger partial charge is 0.166 e.